The van der Waals surface area contributed by atoms with Crippen LogP contribution in [0.25, 0.3) is 0 Å². The van der Waals surface area contributed by atoms with E-state index >= 15 is 0 Å². The van der Waals surface area contributed by atoms with Crippen molar-refractivity contribution >= 4 is 39.0 Å². The molecule has 1 aliphatic rings. The van der Waals surface area contributed by atoms with Crippen molar-refractivity contribution < 1.29 is 4.79 Å². The zero-order valence-electron chi connectivity index (χ0n) is 12.2. The number of hydrogen-bond acceptors (Lipinski definition) is 3. The lowest BCUT2D eigenvalue weighted by atomic mass is 9.87. The normalized spacial score (nSPS) is 16.9. The molecular weight excluding hydrogens is 374 g/mol. The molecule has 1 aliphatic heterocycles. The van der Waals surface area contributed by atoms with Crippen molar-refractivity contribution in [1.82, 2.24) is 9.78 Å². The summed E-state index contributed by atoms with van der Waals surface area (Å²) in [5.74, 6) is 0.906. The zero-order chi connectivity index (χ0) is 15.8. The Hall–Kier alpha value is -1.92. The quantitative estimate of drug-likeness (QED) is 0.730. The van der Waals surface area contributed by atoms with E-state index < -0.39 is 0 Å². The average molecular weight is 388 g/mol. The van der Waals surface area contributed by atoms with E-state index in [4.69, 9.17) is 0 Å². The Morgan fingerprint density at radius 2 is 2.26 bits per heavy atom. The van der Waals surface area contributed by atoms with Crippen LogP contribution in [0.5, 0.6) is 0 Å². The number of thiophene rings is 1. The average Bonchev–Trinajstić information content (AvgIpc) is 3.18. The smallest absolute Gasteiger partial charge is 0.226 e. The predicted molar refractivity (Wildman–Crippen MR) is 94.9 cm³/mol. The summed E-state index contributed by atoms with van der Waals surface area (Å²) in [5, 5.41) is 9.54. The number of hydrogen-bond donors (Lipinski definition) is 1. The van der Waals surface area contributed by atoms with E-state index in [2.05, 4.69) is 44.5 Å². The van der Waals surface area contributed by atoms with Gasteiger partial charge in [-0.25, -0.2) is 4.68 Å². The van der Waals surface area contributed by atoms with Crippen LogP contribution in [0.3, 0.4) is 0 Å². The molecule has 0 saturated heterocycles. The summed E-state index contributed by atoms with van der Waals surface area (Å²) in [5.41, 5.74) is 2.21. The topological polar surface area (TPSA) is 46.9 Å². The first-order valence-electron chi connectivity index (χ1n) is 7.34. The number of amides is 1. The highest BCUT2D eigenvalue weighted by Crippen LogP contribution is 2.38. The summed E-state index contributed by atoms with van der Waals surface area (Å²) in [6.45, 7) is 0.679. The Morgan fingerprint density at radius 1 is 1.35 bits per heavy atom. The van der Waals surface area contributed by atoms with Crippen molar-refractivity contribution in [3.8, 4) is 0 Å². The minimum atomic E-state index is 0.0374. The fourth-order valence-electron chi connectivity index (χ4n) is 2.96. The molecule has 2 aromatic heterocycles. The van der Waals surface area contributed by atoms with Gasteiger partial charge in [-0.3, -0.25) is 4.79 Å². The second kappa shape index (κ2) is 5.94. The number of benzene rings is 1. The van der Waals surface area contributed by atoms with Crippen molar-refractivity contribution in [2.45, 2.75) is 18.9 Å². The first-order valence-corrected chi connectivity index (χ1v) is 9.01. The number of halogens is 1. The molecular formula is C17H14BrN3OS. The molecule has 0 spiro atoms. The maximum absolute atomic E-state index is 12.2. The third-order valence-corrected chi connectivity index (χ3v) is 5.38. The van der Waals surface area contributed by atoms with Crippen LogP contribution >= 0.6 is 27.3 Å². The summed E-state index contributed by atoms with van der Waals surface area (Å²) < 4.78 is 2.90. The molecule has 1 atom stereocenters. The largest absolute Gasteiger partial charge is 0.311 e. The molecule has 4 nitrogen and oxygen atoms in total. The summed E-state index contributed by atoms with van der Waals surface area (Å²) in [6, 6.07) is 12.2. The van der Waals surface area contributed by atoms with Crippen molar-refractivity contribution in [1.29, 1.82) is 0 Å². The monoisotopic (exact) mass is 387 g/mol. The minimum Gasteiger partial charge on any atom is -0.311 e. The molecule has 1 N–H and O–H groups in total. The van der Waals surface area contributed by atoms with E-state index in [0.29, 0.717) is 13.0 Å². The molecule has 0 radical (unpaired) electrons. The number of aromatic nitrogens is 2. The highest BCUT2D eigenvalue weighted by atomic mass is 79.9. The van der Waals surface area contributed by atoms with E-state index in [1.165, 1.54) is 4.88 Å². The fourth-order valence-corrected chi connectivity index (χ4v) is 4.06. The number of nitrogens with one attached hydrogen (secondary N) is 1. The number of rotatable bonds is 3. The van der Waals surface area contributed by atoms with Crippen LogP contribution in [0.4, 0.5) is 5.82 Å². The molecule has 6 heteroatoms. The SMILES string of the molecule is O=C1C[C@@H](c2cccc(Br)c2)c2cnn(Cc3cccs3)c2N1. The Balaban J connectivity index is 1.73. The molecule has 1 amide bonds. The summed E-state index contributed by atoms with van der Waals surface area (Å²) in [7, 11) is 0. The predicted octanol–water partition coefficient (Wildman–Crippen LogP) is 4.23. The summed E-state index contributed by atoms with van der Waals surface area (Å²) in [4.78, 5) is 13.4. The van der Waals surface area contributed by atoms with Crippen LogP contribution < -0.4 is 5.32 Å². The van der Waals surface area contributed by atoms with Gasteiger partial charge in [0.25, 0.3) is 0 Å². The Morgan fingerprint density at radius 3 is 3.04 bits per heavy atom. The van der Waals surface area contributed by atoms with Gasteiger partial charge in [0.2, 0.25) is 5.91 Å². The molecule has 0 fully saturated rings. The molecule has 4 rings (SSSR count). The van der Waals surface area contributed by atoms with E-state index in [1.54, 1.807) is 11.3 Å². The highest BCUT2D eigenvalue weighted by molar-refractivity contribution is 9.10. The molecule has 1 aromatic carbocycles. The van der Waals surface area contributed by atoms with Gasteiger partial charge in [-0.15, -0.1) is 11.3 Å². The Kier molecular flexibility index (Phi) is 3.79. The minimum absolute atomic E-state index is 0.0374. The third-order valence-electron chi connectivity index (χ3n) is 4.03. The van der Waals surface area contributed by atoms with E-state index in [9.17, 15) is 4.79 Å². The standard InChI is InChI=1S/C17H14BrN3OS/c18-12-4-1-3-11(7-12)14-8-16(22)20-17-15(14)9-19-21(17)10-13-5-2-6-23-13/h1-7,9,14H,8,10H2,(H,20,22)/t14-/m0/s1. The molecule has 23 heavy (non-hydrogen) atoms. The number of carbonyl (C=O) groups excluding carboxylic acids is 1. The van der Waals surface area contributed by atoms with Gasteiger partial charge in [-0.1, -0.05) is 34.1 Å². The Labute approximate surface area is 146 Å². The first-order chi connectivity index (χ1) is 11.2. The van der Waals surface area contributed by atoms with Gasteiger partial charge in [0.15, 0.2) is 0 Å². The molecule has 3 heterocycles. The second-order valence-electron chi connectivity index (χ2n) is 5.55. The molecule has 0 unspecified atom stereocenters. The van der Waals surface area contributed by atoms with E-state index in [0.717, 1.165) is 21.4 Å². The van der Waals surface area contributed by atoms with Crippen LogP contribution in [0, 0.1) is 0 Å². The van der Waals surface area contributed by atoms with Crippen molar-refractivity contribution in [2.75, 3.05) is 5.32 Å². The van der Waals surface area contributed by atoms with E-state index in [1.807, 2.05) is 34.5 Å². The van der Waals surface area contributed by atoms with Gasteiger partial charge in [0.05, 0.1) is 12.7 Å². The van der Waals surface area contributed by atoms with Gasteiger partial charge < -0.3 is 5.32 Å². The summed E-state index contributed by atoms with van der Waals surface area (Å²) >= 11 is 5.20. The zero-order valence-corrected chi connectivity index (χ0v) is 14.6. The van der Waals surface area contributed by atoms with Crippen molar-refractivity contribution in [2.24, 2.45) is 0 Å². The van der Waals surface area contributed by atoms with Gasteiger partial charge in [0.1, 0.15) is 5.82 Å². The van der Waals surface area contributed by atoms with Gasteiger partial charge in [-0.05, 0) is 29.1 Å². The first kappa shape index (κ1) is 14.7. The van der Waals surface area contributed by atoms with Crippen molar-refractivity contribution in [3.63, 3.8) is 0 Å². The van der Waals surface area contributed by atoms with Crippen LogP contribution in [0.1, 0.15) is 28.3 Å². The van der Waals surface area contributed by atoms with Crippen LogP contribution in [-0.2, 0) is 11.3 Å². The van der Waals surface area contributed by atoms with Crippen LogP contribution in [0.15, 0.2) is 52.4 Å². The number of nitrogens with zero attached hydrogens (tertiary/aromatic N) is 2. The second-order valence-corrected chi connectivity index (χ2v) is 7.49. The van der Waals surface area contributed by atoms with Gasteiger partial charge in [0, 0.05) is 27.3 Å². The van der Waals surface area contributed by atoms with Gasteiger partial charge >= 0.3 is 0 Å². The van der Waals surface area contributed by atoms with Gasteiger partial charge in [-0.2, -0.15) is 5.10 Å². The Bertz CT molecular complexity index is 857. The van der Waals surface area contributed by atoms with Crippen LogP contribution in [-0.4, -0.2) is 15.7 Å². The molecule has 0 bridgehead atoms. The molecule has 116 valence electrons. The van der Waals surface area contributed by atoms with Crippen LogP contribution in [0.2, 0.25) is 0 Å². The number of carbonyl (C=O) groups is 1. The maximum atomic E-state index is 12.2. The number of anilines is 1. The fraction of sp³-hybridized carbons (Fsp3) is 0.176. The maximum Gasteiger partial charge on any atom is 0.226 e. The highest BCUT2D eigenvalue weighted by Gasteiger charge is 2.30. The number of fused-ring (bicyclic) bond motifs is 1. The lowest BCUT2D eigenvalue weighted by Gasteiger charge is -2.23. The molecule has 3 aromatic rings. The summed E-state index contributed by atoms with van der Waals surface area (Å²) in [6.07, 6.45) is 2.34. The molecule has 0 saturated carbocycles. The van der Waals surface area contributed by atoms with Crippen molar-refractivity contribution in [3.05, 3.63) is 68.5 Å². The third kappa shape index (κ3) is 2.84. The lowest BCUT2D eigenvalue weighted by Crippen LogP contribution is -2.25. The molecule has 0 aliphatic carbocycles. The van der Waals surface area contributed by atoms with E-state index in [-0.39, 0.29) is 11.8 Å². The lowest BCUT2D eigenvalue weighted by molar-refractivity contribution is -0.116.